The summed E-state index contributed by atoms with van der Waals surface area (Å²) in [5.74, 6) is 1.86. The third-order valence-corrected chi connectivity index (χ3v) is 4.55. The number of allylic oxidation sites excluding steroid dienone is 2. The van der Waals surface area contributed by atoms with Gasteiger partial charge in [0.25, 0.3) is 0 Å². The molecule has 1 fully saturated rings. The van der Waals surface area contributed by atoms with Gasteiger partial charge in [-0.3, -0.25) is 10.9 Å². The molecular formula is C19H19N3O. The highest BCUT2D eigenvalue weighted by Crippen LogP contribution is 2.53. The molecule has 4 rings (SSSR count). The van der Waals surface area contributed by atoms with Crippen LogP contribution in [0.3, 0.4) is 0 Å². The number of hydrazine groups is 1. The summed E-state index contributed by atoms with van der Waals surface area (Å²) >= 11 is 0. The number of benzene rings is 2. The van der Waals surface area contributed by atoms with E-state index < -0.39 is 0 Å². The fourth-order valence-electron chi connectivity index (χ4n) is 3.24. The van der Waals surface area contributed by atoms with Crippen LogP contribution < -0.4 is 16.6 Å². The Morgan fingerprint density at radius 2 is 1.65 bits per heavy atom. The van der Waals surface area contributed by atoms with E-state index in [1.54, 1.807) is 6.07 Å². The number of phenols is 1. The highest BCUT2D eigenvalue weighted by atomic mass is 16.3. The van der Waals surface area contributed by atoms with Crippen LogP contribution in [0.25, 0.3) is 5.70 Å². The third kappa shape index (κ3) is 2.52. The number of para-hydroxylation sites is 1. The number of phenolic OH excluding ortho intramolecular Hbond substituents is 1. The van der Waals surface area contributed by atoms with Gasteiger partial charge >= 0.3 is 0 Å². The first-order chi connectivity index (χ1) is 11.2. The second-order valence-corrected chi connectivity index (χ2v) is 6.05. The second kappa shape index (κ2) is 5.39. The van der Waals surface area contributed by atoms with Gasteiger partial charge in [0.15, 0.2) is 0 Å². The van der Waals surface area contributed by atoms with Crippen LogP contribution in [0, 0.1) is 5.92 Å². The molecule has 2 aliphatic rings. The molecule has 1 aliphatic carbocycles. The Labute approximate surface area is 135 Å². The Hall–Kier alpha value is -2.88. The van der Waals surface area contributed by atoms with Crippen molar-refractivity contribution in [3.8, 4) is 5.75 Å². The summed E-state index contributed by atoms with van der Waals surface area (Å²) in [6.45, 7) is 0. The molecule has 5 N–H and O–H groups in total. The lowest BCUT2D eigenvalue weighted by molar-refractivity contribution is 0.472. The van der Waals surface area contributed by atoms with E-state index in [1.165, 1.54) is 5.56 Å². The van der Waals surface area contributed by atoms with Gasteiger partial charge in [0.1, 0.15) is 11.6 Å². The smallest absolute Gasteiger partial charge is 0.124 e. The summed E-state index contributed by atoms with van der Waals surface area (Å²) in [6.07, 6.45) is 3.15. The first kappa shape index (κ1) is 13.8. The van der Waals surface area contributed by atoms with Crippen LogP contribution in [-0.4, -0.2) is 5.11 Å². The molecule has 0 radical (unpaired) electrons. The van der Waals surface area contributed by atoms with Crippen LogP contribution in [0.15, 0.2) is 72.1 Å². The summed E-state index contributed by atoms with van der Waals surface area (Å²) in [4.78, 5) is 0. The molecule has 4 nitrogen and oxygen atoms in total. The predicted molar refractivity (Wildman–Crippen MR) is 90.9 cm³/mol. The number of hydrogen-bond donors (Lipinski definition) is 4. The number of hydrogen-bond acceptors (Lipinski definition) is 4. The van der Waals surface area contributed by atoms with Gasteiger partial charge in [-0.05, 0) is 47.6 Å². The molecule has 0 saturated heterocycles. The molecule has 1 saturated carbocycles. The van der Waals surface area contributed by atoms with E-state index in [1.807, 2.05) is 24.3 Å². The Morgan fingerprint density at radius 3 is 2.43 bits per heavy atom. The molecular weight excluding hydrogens is 286 g/mol. The highest BCUT2D eigenvalue weighted by molar-refractivity contribution is 5.72. The van der Waals surface area contributed by atoms with Crippen LogP contribution in [0.5, 0.6) is 5.75 Å². The van der Waals surface area contributed by atoms with Gasteiger partial charge in [0.2, 0.25) is 0 Å². The topological polar surface area (TPSA) is 70.3 Å². The van der Waals surface area contributed by atoms with Crippen molar-refractivity contribution in [2.45, 2.75) is 12.3 Å². The molecule has 0 bridgehead atoms. The summed E-state index contributed by atoms with van der Waals surface area (Å²) in [5.41, 5.74) is 16.3. The van der Waals surface area contributed by atoms with Crippen LogP contribution in [0.2, 0.25) is 0 Å². The second-order valence-electron chi connectivity index (χ2n) is 6.05. The summed E-state index contributed by atoms with van der Waals surface area (Å²) in [6, 6.07) is 17.8. The van der Waals surface area contributed by atoms with Gasteiger partial charge in [0, 0.05) is 5.56 Å². The van der Waals surface area contributed by atoms with Crippen molar-refractivity contribution in [2.24, 2.45) is 11.7 Å². The van der Waals surface area contributed by atoms with E-state index in [0.29, 0.717) is 17.7 Å². The molecule has 116 valence electrons. The van der Waals surface area contributed by atoms with Crippen LogP contribution in [0.4, 0.5) is 0 Å². The standard InChI is InChI=1S/C19H19N3O/c20-19-16(15-10-14(15)12-6-2-1-3-7-12)11-17(21-22-19)13-8-4-5-9-18(13)23/h1-9,11,14-15,21-23H,10,20H2/t14-,15+/m0/s1. The zero-order chi connectivity index (χ0) is 15.8. The molecule has 0 amide bonds. The van der Waals surface area contributed by atoms with Crippen molar-refractivity contribution in [2.75, 3.05) is 0 Å². The molecule has 1 heterocycles. The Kier molecular flexibility index (Phi) is 3.23. The fourth-order valence-corrected chi connectivity index (χ4v) is 3.24. The maximum atomic E-state index is 10.0. The number of nitrogens with one attached hydrogen (secondary N) is 2. The number of nitrogens with two attached hydrogens (primary N) is 1. The van der Waals surface area contributed by atoms with Gasteiger partial charge in [0.05, 0.1) is 5.70 Å². The highest BCUT2D eigenvalue weighted by Gasteiger charge is 2.42. The average Bonchev–Trinajstić information content (AvgIpc) is 3.37. The normalized spacial score (nSPS) is 22.9. The van der Waals surface area contributed by atoms with Gasteiger partial charge in [-0.1, -0.05) is 42.5 Å². The summed E-state index contributed by atoms with van der Waals surface area (Å²) in [5, 5.41) is 10.0. The van der Waals surface area contributed by atoms with Crippen molar-refractivity contribution in [1.29, 1.82) is 0 Å². The van der Waals surface area contributed by atoms with E-state index in [4.69, 9.17) is 5.73 Å². The average molecular weight is 305 g/mol. The van der Waals surface area contributed by atoms with Crippen LogP contribution >= 0.6 is 0 Å². The molecule has 1 aliphatic heterocycles. The summed E-state index contributed by atoms with van der Waals surface area (Å²) in [7, 11) is 0. The monoisotopic (exact) mass is 305 g/mol. The molecule has 2 aromatic carbocycles. The third-order valence-electron chi connectivity index (χ3n) is 4.55. The largest absolute Gasteiger partial charge is 0.507 e. The fraction of sp³-hybridized carbons (Fsp3) is 0.158. The van der Waals surface area contributed by atoms with E-state index >= 15 is 0 Å². The molecule has 2 atom stereocenters. The van der Waals surface area contributed by atoms with E-state index in [-0.39, 0.29) is 5.75 Å². The van der Waals surface area contributed by atoms with E-state index in [2.05, 4.69) is 41.2 Å². The summed E-state index contributed by atoms with van der Waals surface area (Å²) < 4.78 is 0. The van der Waals surface area contributed by atoms with E-state index in [0.717, 1.165) is 23.3 Å². The lowest BCUT2D eigenvalue weighted by Gasteiger charge is -2.22. The maximum absolute atomic E-state index is 10.0. The van der Waals surface area contributed by atoms with E-state index in [9.17, 15) is 5.11 Å². The van der Waals surface area contributed by atoms with Gasteiger partial charge in [-0.15, -0.1) is 0 Å². The molecule has 23 heavy (non-hydrogen) atoms. The predicted octanol–water partition coefficient (Wildman–Crippen LogP) is 2.81. The van der Waals surface area contributed by atoms with Crippen LogP contribution in [-0.2, 0) is 0 Å². The lowest BCUT2D eigenvalue weighted by Crippen LogP contribution is -2.37. The minimum absolute atomic E-state index is 0.253. The zero-order valence-corrected chi connectivity index (χ0v) is 12.7. The molecule has 0 unspecified atom stereocenters. The number of rotatable bonds is 3. The first-order valence-corrected chi connectivity index (χ1v) is 7.80. The van der Waals surface area contributed by atoms with Crippen molar-refractivity contribution in [3.63, 3.8) is 0 Å². The quantitative estimate of drug-likeness (QED) is 0.704. The molecule has 0 aromatic heterocycles. The molecule has 2 aromatic rings. The van der Waals surface area contributed by atoms with Crippen molar-refractivity contribution < 1.29 is 5.11 Å². The first-order valence-electron chi connectivity index (χ1n) is 7.80. The van der Waals surface area contributed by atoms with Crippen molar-refractivity contribution >= 4 is 5.70 Å². The minimum atomic E-state index is 0.253. The number of aromatic hydroxyl groups is 1. The minimum Gasteiger partial charge on any atom is -0.507 e. The lowest BCUT2D eigenvalue weighted by atomic mass is 10.0. The van der Waals surface area contributed by atoms with Gasteiger partial charge < -0.3 is 10.8 Å². The van der Waals surface area contributed by atoms with Crippen molar-refractivity contribution in [1.82, 2.24) is 10.9 Å². The molecule has 0 spiro atoms. The Balaban J connectivity index is 1.63. The van der Waals surface area contributed by atoms with Crippen LogP contribution in [0.1, 0.15) is 23.5 Å². The molecule has 4 heteroatoms. The zero-order valence-electron chi connectivity index (χ0n) is 12.7. The SMILES string of the molecule is NC1=C([C@@H]2C[C@H]2c2ccccc2)C=C(c2ccccc2O)NN1. The van der Waals surface area contributed by atoms with Gasteiger partial charge in [-0.2, -0.15) is 0 Å². The van der Waals surface area contributed by atoms with Gasteiger partial charge in [-0.25, -0.2) is 0 Å². The van der Waals surface area contributed by atoms with Crippen molar-refractivity contribution in [3.05, 3.63) is 83.2 Å². The maximum Gasteiger partial charge on any atom is 0.124 e. The Morgan fingerprint density at radius 1 is 0.913 bits per heavy atom. The Bertz CT molecular complexity index is 795.